The van der Waals surface area contributed by atoms with E-state index in [1.807, 2.05) is 0 Å². The molecule has 1 aromatic carbocycles. The molecule has 17 heavy (non-hydrogen) atoms. The largest absolute Gasteiger partial charge is 0.398 e. The lowest BCUT2D eigenvalue weighted by atomic mass is 10.3. The Morgan fingerprint density at radius 2 is 2.29 bits per heavy atom. The average Bonchev–Trinajstić information content (AvgIpc) is 2.63. The van der Waals surface area contributed by atoms with Crippen LogP contribution in [0.1, 0.15) is 5.82 Å². The van der Waals surface area contributed by atoms with Crippen molar-refractivity contribution in [3.8, 4) is 0 Å². The van der Waals surface area contributed by atoms with Crippen LogP contribution in [-0.2, 0) is 23.6 Å². The zero-order valence-electron chi connectivity index (χ0n) is 9.00. The van der Waals surface area contributed by atoms with Crippen LogP contribution < -0.4 is 5.73 Å². The topological polar surface area (TPSA) is 86.7 Å². The van der Waals surface area contributed by atoms with Crippen molar-refractivity contribution < 1.29 is 4.21 Å². The van der Waals surface area contributed by atoms with E-state index >= 15 is 0 Å². The second-order valence-corrected chi connectivity index (χ2v) is 5.70. The highest BCUT2D eigenvalue weighted by Crippen LogP contribution is 2.22. The summed E-state index contributed by atoms with van der Waals surface area (Å²) in [5, 5.41) is 11.4. The van der Waals surface area contributed by atoms with E-state index in [2.05, 4.69) is 31.3 Å². The molecule has 0 aliphatic rings. The van der Waals surface area contributed by atoms with Gasteiger partial charge in [-0.2, -0.15) is 4.80 Å². The standard InChI is InChI=1S/C9H10BrN5OS/c1-15-13-9(12-14-15)5-17(16)8-3-2-6(10)4-7(8)11/h2-4H,5,11H2,1H3. The molecule has 1 atom stereocenters. The van der Waals surface area contributed by atoms with Crippen LogP contribution in [0.2, 0.25) is 0 Å². The molecule has 90 valence electrons. The first kappa shape index (κ1) is 12.2. The smallest absolute Gasteiger partial charge is 0.187 e. The quantitative estimate of drug-likeness (QED) is 0.849. The van der Waals surface area contributed by atoms with Gasteiger partial charge in [0.05, 0.1) is 28.5 Å². The van der Waals surface area contributed by atoms with E-state index in [9.17, 15) is 4.21 Å². The number of nitrogens with zero attached hydrogens (tertiary/aromatic N) is 4. The van der Waals surface area contributed by atoms with Crippen LogP contribution in [0.3, 0.4) is 0 Å². The molecule has 0 bridgehead atoms. The number of aryl methyl sites for hydroxylation is 1. The number of nitrogens with two attached hydrogens (primary N) is 1. The summed E-state index contributed by atoms with van der Waals surface area (Å²) in [6.07, 6.45) is 0. The summed E-state index contributed by atoms with van der Waals surface area (Å²) < 4.78 is 12.9. The number of aromatic nitrogens is 4. The van der Waals surface area contributed by atoms with E-state index in [1.54, 1.807) is 25.2 Å². The minimum Gasteiger partial charge on any atom is -0.398 e. The molecular formula is C9H10BrN5OS. The highest BCUT2D eigenvalue weighted by molar-refractivity contribution is 9.10. The first-order chi connectivity index (χ1) is 8.06. The molecule has 0 aliphatic heterocycles. The van der Waals surface area contributed by atoms with Gasteiger partial charge in [-0.3, -0.25) is 4.21 Å². The Balaban J connectivity index is 2.20. The Morgan fingerprint density at radius 3 is 2.88 bits per heavy atom. The predicted octanol–water partition coefficient (Wildman–Crippen LogP) is 0.863. The summed E-state index contributed by atoms with van der Waals surface area (Å²) >= 11 is 3.30. The van der Waals surface area contributed by atoms with Gasteiger partial charge in [-0.1, -0.05) is 15.9 Å². The molecular weight excluding hydrogens is 306 g/mol. The van der Waals surface area contributed by atoms with Crippen LogP contribution in [0, 0.1) is 0 Å². The third-order valence-electron chi connectivity index (χ3n) is 2.03. The van der Waals surface area contributed by atoms with Crippen molar-refractivity contribution >= 4 is 32.4 Å². The minimum atomic E-state index is -1.27. The van der Waals surface area contributed by atoms with Crippen LogP contribution in [0.5, 0.6) is 0 Å². The number of anilines is 1. The maximum atomic E-state index is 12.1. The summed E-state index contributed by atoms with van der Waals surface area (Å²) in [4.78, 5) is 1.91. The Morgan fingerprint density at radius 1 is 1.53 bits per heavy atom. The molecule has 1 unspecified atom stereocenters. The van der Waals surface area contributed by atoms with E-state index in [0.29, 0.717) is 16.4 Å². The van der Waals surface area contributed by atoms with E-state index in [-0.39, 0.29) is 5.75 Å². The molecule has 2 rings (SSSR count). The number of benzene rings is 1. The summed E-state index contributed by atoms with van der Waals surface area (Å²) in [7, 11) is 0.395. The van der Waals surface area contributed by atoms with Gasteiger partial charge in [0.15, 0.2) is 5.82 Å². The first-order valence-electron chi connectivity index (χ1n) is 4.72. The van der Waals surface area contributed by atoms with Crippen molar-refractivity contribution in [3.63, 3.8) is 0 Å². The molecule has 2 N–H and O–H groups in total. The van der Waals surface area contributed by atoms with Gasteiger partial charge in [0, 0.05) is 10.2 Å². The van der Waals surface area contributed by atoms with E-state index in [4.69, 9.17) is 5.73 Å². The lowest BCUT2D eigenvalue weighted by molar-refractivity contribution is 0.628. The van der Waals surface area contributed by atoms with Gasteiger partial charge >= 0.3 is 0 Å². The zero-order chi connectivity index (χ0) is 12.4. The average molecular weight is 316 g/mol. The van der Waals surface area contributed by atoms with Crippen molar-refractivity contribution in [1.29, 1.82) is 0 Å². The monoisotopic (exact) mass is 315 g/mol. The molecule has 0 aliphatic carbocycles. The Hall–Kier alpha value is -1.28. The van der Waals surface area contributed by atoms with Crippen LogP contribution in [0.25, 0.3) is 0 Å². The van der Waals surface area contributed by atoms with Gasteiger partial charge in [-0.15, -0.1) is 10.2 Å². The van der Waals surface area contributed by atoms with Crippen LogP contribution >= 0.6 is 15.9 Å². The van der Waals surface area contributed by atoms with Gasteiger partial charge in [0.1, 0.15) is 0 Å². The highest BCUT2D eigenvalue weighted by Gasteiger charge is 2.12. The van der Waals surface area contributed by atoms with Gasteiger partial charge < -0.3 is 5.73 Å². The number of rotatable bonds is 3. The first-order valence-corrected chi connectivity index (χ1v) is 6.84. The van der Waals surface area contributed by atoms with Crippen molar-refractivity contribution in [2.24, 2.45) is 7.05 Å². The van der Waals surface area contributed by atoms with E-state index < -0.39 is 10.8 Å². The van der Waals surface area contributed by atoms with E-state index in [0.717, 1.165) is 4.47 Å². The van der Waals surface area contributed by atoms with Gasteiger partial charge in [0.2, 0.25) is 0 Å². The van der Waals surface area contributed by atoms with Crippen molar-refractivity contribution in [1.82, 2.24) is 20.2 Å². The van der Waals surface area contributed by atoms with Crippen LogP contribution in [0.15, 0.2) is 27.6 Å². The van der Waals surface area contributed by atoms with Crippen molar-refractivity contribution in [3.05, 3.63) is 28.5 Å². The third-order valence-corrected chi connectivity index (χ3v) is 3.90. The van der Waals surface area contributed by atoms with Gasteiger partial charge in [-0.25, -0.2) is 0 Å². The summed E-state index contributed by atoms with van der Waals surface area (Å²) in [5.74, 6) is 0.646. The SMILES string of the molecule is Cn1nnc(CS(=O)c2ccc(Br)cc2N)n1. The second kappa shape index (κ2) is 4.92. The summed E-state index contributed by atoms with van der Waals surface area (Å²) in [6, 6.07) is 5.25. The molecule has 8 heteroatoms. The van der Waals surface area contributed by atoms with E-state index in [1.165, 1.54) is 4.80 Å². The predicted molar refractivity (Wildman–Crippen MR) is 67.5 cm³/mol. The Kier molecular flexibility index (Phi) is 3.53. The lowest BCUT2D eigenvalue weighted by Crippen LogP contribution is -2.02. The fourth-order valence-electron chi connectivity index (χ4n) is 1.30. The Bertz CT molecular complexity index is 570. The molecule has 1 aromatic heterocycles. The maximum Gasteiger partial charge on any atom is 0.187 e. The van der Waals surface area contributed by atoms with Gasteiger partial charge in [-0.05, 0) is 23.4 Å². The molecule has 0 amide bonds. The molecule has 0 spiro atoms. The fraction of sp³-hybridized carbons (Fsp3) is 0.222. The fourth-order valence-corrected chi connectivity index (χ4v) is 2.73. The summed E-state index contributed by atoms with van der Waals surface area (Å²) in [6.45, 7) is 0. The molecule has 0 saturated heterocycles. The molecule has 6 nitrogen and oxygen atoms in total. The number of nitrogen functional groups attached to an aromatic ring is 1. The highest BCUT2D eigenvalue weighted by atomic mass is 79.9. The Labute approximate surface area is 109 Å². The van der Waals surface area contributed by atoms with Crippen LogP contribution in [-0.4, -0.2) is 24.4 Å². The third kappa shape index (κ3) is 2.89. The van der Waals surface area contributed by atoms with Crippen molar-refractivity contribution in [2.75, 3.05) is 5.73 Å². The normalized spacial score (nSPS) is 12.6. The molecule has 0 saturated carbocycles. The summed E-state index contributed by atoms with van der Waals surface area (Å²) in [5.41, 5.74) is 6.28. The second-order valence-electron chi connectivity index (χ2n) is 3.37. The number of hydrogen-bond acceptors (Lipinski definition) is 5. The van der Waals surface area contributed by atoms with Gasteiger partial charge in [0.25, 0.3) is 0 Å². The molecule has 0 fully saturated rings. The zero-order valence-corrected chi connectivity index (χ0v) is 11.4. The van der Waals surface area contributed by atoms with Crippen molar-refractivity contribution in [2.45, 2.75) is 10.6 Å². The van der Waals surface area contributed by atoms with Crippen LogP contribution in [0.4, 0.5) is 5.69 Å². The molecule has 2 aromatic rings. The minimum absolute atomic E-state index is 0.208. The molecule has 1 heterocycles. The number of halogens is 1. The lowest BCUT2D eigenvalue weighted by Gasteiger charge is -2.04. The maximum absolute atomic E-state index is 12.1. The number of tetrazole rings is 1. The number of hydrogen-bond donors (Lipinski definition) is 1. The molecule has 0 radical (unpaired) electrons.